The van der Waals surface area contributed by atoms with E-state index in [2.05, 4.69) is 25.4 Å². The number of hydrogen-bond donors (Lipinski definition) is 2. The van der Waals surface area contributed by atoms with Gasteiger partial charge in [-0.15, -0.1) is 10.2 Å². The first-order valence-corrected chi connectivity index (χ1v) is 11.4. The van der Waals surface area contributed by atoms with Crippen LogP contribution in [0.2, 0.25) is 0 Å². The van der Waals surface area contributed by atoms with Crippen LogP contribution >= 0.6 is 0 Å². The Morgan fingerprint density at radius 2 is 1.69 bits per heavy atom. The van der Waals surface area contributed by atoms with Crippen LogP contribution in [0.3, 0.4) is 0 Å². The lowest BCUT2D eigenvalue weighted by atomic mass is 10.1. The maximum absolute atomic E-state index is 14.0. The summed E-state index contributed by atoms with van der Waals surface area (Å²) in [6.07, 6.45) is 2.00. The van der Waals surface area contributed by atoms with Crippen LogP contribution in [-0.2, 0) is 6.42 Å². The number of halogens is 1. The fourth-order valence-corrected chi connectivity index (χ4v) is 3.68. The number of nitrogens with zero attached hydrogens (tertiary/aromatic N) is 7. The molecule has 3 aromatic heterocycles. The molecule has 5 rings (SSSR count). The van der Waals surface area contributed by atoms with Crippen LogP contribution < -0.4 is 17.0 Å². The van der Waals surface area contributed by atoms with Crippen molar-refractivity contribution in [1.82, 2.24) is 34.7 Å². The molecule has 0 spiro atoms. The number of anilines is 2. The number of tetrazole rings is 1. The molecule has 0 amide bonds. The first-order valence-electron chi connectivity index (χ1n) is 11.4. The third kappa shape index (κ3) is 4.76. The van der Waals surface area contributed by atoms with Gasteiger partial charge in [0.1, 0.15) is 29.3 Å². The Bertz CT molecular complexity index is 1540. The number of rotatable bonds is 4. The molecule has 10 nitrogen and oxygen atoms in total. The number of nitrogens with two attached hydrogens (primary N) is 2. The van der Waals surface area contributed by atoms with Gasteiger partial charge in [-0.3, -0.25) is 9.36 Å². The monoisotopic (exact) mass is 487 g/mol. The summed E-state index contributed by atoms with van der Waals surface area (Å²) in [5.41, 5.74) is 13.1. The average molecular weight is 488 g/mol. The standard InChI is InChI=1S/C17H14FNO.C8H12N8/c1-2-13-11-12-7-6-10-15(18)16(12)17(20)19(13)14-8-4-3-5-9-14;1-4(2)16-14-8(13-15-16)5-6(9)11-3-12-7(5)10/h3-11H,2H2,1H3;3-4H,1-2H3,(H4,9,10,11,12). The Hall–Kier alpha value is -4.67. The highest BCUT2D eigenvalue weighted by Gasteiger charge is 2.16. The normalized spacial score (nSPS) is 10.9. The average Bonchev–Trinajstić information content (AvgIpc) is 3.35. The van der Waals surface area contributed by atoms with E-state index in [1.807, 2.05) is 57.2 Å². The Labute approximate surface area is 206 Å². The maximum atomic E-state index is 14.0. The lowest BCUT2D eigenvalue weighted by molar-refractivity contribution is 0.455. The van der Waals surface area contributed by atoms with E-state index in [0.717, 1.165) is 11.4 Å². The number of aryl methyl sites for hydroxylation is 1. The number of benzene rings is 2. The van der Waals surface area contributed by atoms with Crippen molar-refractivity contribution in [3.8, 4) is 17.1 Å². The molecule has 0 atom stereocenters. The van der Waals surface area contributed by atoms with Gasteiger partial charge in [0.05, 0.1) is 11.4 Å². The maximum Gasteiger partial charge on any atom is 0.266 e. The number of aromatic nitrogens is 7. The third-order valence-electron chi connectivity index (χ3n) is 5.47. The summed E-state index contributed by atoms with van der Waals surface area (Å²) in [5.74, 6) is 0.357. The minimum atomic E-state index is -0.472. The number of fused-ring (bicyclic) bond motifs is 1. The Kier molecular flexibility index (Phi) is 7.00. The van der Waals surface area contributed by atoms with Gasteiger partial charge in [0.2, 0.25) is 5.82 Å². The van der Waals surface area contributed by atoms with Crippen LogP contribution in [0.4, 0.5) is 16.0 Å². The predicted molar refractivity (Wildman–Crippen MR) is 137 cm³/mol. The first kappa shape index (κ1) is 24.5. The van der Waals surface area contributed by atoms with Crippen LogP contribution in [0.5, 0.6) is 0 Å². The number of hydrogen-bond acceptors (Lipinski definition) is 8. The number of nitrogen functional groups attached to an aromatic ring is 2. The van der Waals surface area contributed by atoms with Gasteiger partial charge in [0.15, 0.2) is 0 Å². The summed E-state index contributed by atoms with van der Waals surface area (Å²) >= 11 is 0. The molecular weight excluding hydrogens is 461 g/mol. The van der Waals surface area contributed by atoms with Gasteiger partial charge in [-0.05, 0) is 55.1 Å². The molecule has 36 heavy (non-hydrogen) atoms. The highest BCUT2D eigenvalue weighted by molar-refractivity contribution is 5.83. The quantitative estimate of drug-likeness (QED) is 0.392. The van der Waals surface area contributed by atoms with Gasteiger partial charge >= 0.3 is 0 Å². The molecule has 0 radical (unpaired) electrons. The van der Waals surface area contributed by atoms with Crippen LogP contribution in [0.1, 0.15) is 32.5 Å². The second-order valence-electron chi connectivity index (χ2n) is 8.22. The molecule has 184 valence electrons. The topological polar surface area (TPSA) is 143 Å². The van der Waals surface area contributed by atoms with E-state index in [0.29, 0.717) is 23.2 Å². The molecule has 0 aliphatic carbocycles. The smallest absolute Gasteiger partial charge is 0.266 e. The van der Waals surface area contributed by atoms with Gasteiger partial charge in [-0.25, -0.2) is 14.4 Å². The van der Waals surface area contributed by atoms with Crippen molar-refractivity contribution in [3.05, 3.63) is 82.8 Å². The van der Waals surface area contributed by atoms with Gasteiger partial charge in [0, 0.05) is 11.4 Å². The van der Waals surface area contributed by atoms with E-state index in [1.165, 1.54) is 17.2 Å². The van der Waals surface area contributed by atoms with E-state index in [-0.39, 0.29) is 28.6 Å². The molecule has 0 aliphatic rings. The third-order valence-corrected chi connectivity index (χ3v) is 5.47. The van der Waals surface area contributed by atoms with Gasteiger partial charge in [-0.1, -0.05) is 37.3 Å². The summed E-state index contributed by atoms with van der Waals surface area (Å²) in [6, 6.07) is 16.1. The summed E-state index contributed by atoms with van der Waals surface area (Å²) in [4.78, 5) is 21.8. The lowest BCUT2D eigenvalue weighted by Gasteiger charge is -2.13. The molecular formula is C25H26FN9O. The molecule has 0 bridgehead atoms. The fraction of sp³-hybridized carbons (Fsp3) is 0.200. The Morgan fingerprint density at radius 3 is 2.31 bits per heavy atom. The van der Waals surface area contributed by atoms with Crippen molar-refractivity contribution < 1.29 is 4.39 Å². The van der Waals surface area contributed by atoms with Gasteiger partial charge in [-0.2, -0.15) is 4.80 Å². The summed E-state index contributed by atoms with van der Waals surface area (Å²) in [6.45, 7) is 5.87. The van der Waals surface area contributed by atoms with Crippen molar-refractivity contribution in [3.63, 3.8) is 0 Å². The second kappa shape index (κ2) is 10.3. The SMILES string of the molecule is CC(C)n1nnc(-c2c(N)ncnc2N)n1.CCc1cc2cccc(F)c2c(=O)n1-c1ccccc1. The van der Waals surface area contributed by atoms with Gasteiger partial charge in [0.25, 0.3) is 5.56 Å². The van der Waals surface area contributed by atoms with Crippen molar-refractivity contribution in [2.24, 2.45) is 0 Å². The number of pyridine rings is 1. The van der Waals surface area contributed by atoms with Crippen molar-refractivity contribution in [2.45, 2.75) is 33.2 Å². The lowest BCUT2D eigenvalue weighted by Crippen LogP contribution is -2.22. The largest absolute Gasteiger partial charge is 0.383 e. The Balaban J connectivity index is 0.000000174. The van der Waals surface area contributed by atoms with E-state index in [1.54, 1.807) is 16.7 Å². The number of para-hydroxylation sites is 1. The van der Waals surface area contributed by atoms with Crippen molar-refractivity contribution >= 4 is 22.4 Å². The first-order chi connectivity index (χ1) is 17.3. The van der Waals surface area contributed by atoms with E-state index in [4.69, 9.17) is 11.5 Å². The minimum absolute atomic E-state index is 0.119. The molecule has 0 saturated carbocycles. The van der Waals surface area contributed by atoms with Crippen molar-refractivity contribution in [1.29, 1.82) is 0 Å². The molecule has 3 heterocycles. The Morgan fingerprint density at radius 1 is 1.00 bits per heavy atom. The van der Waals surface area contributed by atoms with E-state index in [9.17, 15) is 9.18 Å². The van der Waals surface area contributed by atoms with Crippen LogP contribution in [0.15, 0.2) is 65.7 Å². The van der Waals surface area contributed by atoms with Crippen LogP contribution in [-0.4, -0.2) is 34.7 Å². The predicted octanol–water partition coefficient (Wildman–Crippen LogP) is 3.57. The summed E-state index contributed by atoms with van der Waals surface area (Å²) in [5, 5.41) is 12.7. The molecule has 0 fully saturated rings. The van der Waals surface area contributed by atoms with Crippen LogP contribution in [0, 0.1) is 5.82 Å². The fourth-order valence-electron chi connectivity index (χ4n) is 3.68. The highest BCUT2D eigenvalue weighted by atomic mass is 19.1. The zero-order chi connectivity index (χ0) is 25.8. The molecule has 0 unspecified atom stereocenters. The zero-order valence-corrected chi connectivity index (χ0v) is 20.1. The minimum Gasteiger partial charge on any atom is -0.383 e. The van der Waals surface area contributed by atoms with E-state index >= 15 is 0 Å². The molecule has 2 aromatic carbocycles. The second-order valence-corrected chi connectivity index (χ2v) is 8.22. The van der Waals surface area contributed by atoms with Crippen LogP contribution in [0.25, 0.3) is 27.8 Å². The summed E-state index contributed by atoms with van der Waals surface area (Å²) in [7, 11) is 0. The van der Waals surface area contributed by atoms with E-state index < -0.39 is 5.82 Å². The summed E-state index contributed by atoms with van der Waals surface area (Å²) < 4.78 is 15.6. The molecule has 0 saturated heterocycles. The van der Waals surface area contributed by atoms with Gasteiger partial charge < -0.3 is 11.5 Å². The molecule has 4 N–H and O–H groups in total. The highest BCUT2D eigenvalue weighted by Crippen LogP contribution is 2.24. The molecule has 5 aromatic rings. The van der Waals surface area contributed by atoms with Crippen molar-refractivity contribution in [2.75, 3.05) is 11.5 Å². The molecule has 11 heteroatoms. The molecule has 0 aliphatic heterocycles. The zero-order valence-electron chi connectivity index (χ0n) is 20.1.